The summed E-state index contributed by atoms with van der Waals surface area (Å²) in [6, 6.07) is 45.4. The summed E-state index contributed by atoms with van der Waals surface area (Å²) < 4.78 is 142. The molecular formula is C50H56Br2Cl4Cu2N15O18+. The molecule has 0 atom stereocenters. The second-order valence-electron chi connectivity index (χ2n) is 15.6. The van der Waals surface area contributed by atoms with Gasteiger partial charge in [0.1, 0.15) is 11.4 Å². The van der Waals surface area contributed by atoms with Gasteiger partial charge in [0, 0.05) is 105 Å². The number of rotatable bonds is 16. The maximum absolute atomic E-state index is 8.49. The van der Waals surface area contributed by atoms with Gasteiger partial charge < -0.3 is 11.0 Å². The molecule has 2 radical (unpaired) electrons. The molecule has 0 bridgehead atoms. The summed E-state index contributed by atoms with van der Waals surface area (Å²) in [4.78, 5) is 22.5. The first-order valence-corrected chi connectivity index (χ1v) is 30.1. The average Bonchev–Trinajstić information content (AvgIpc) is 2.13. The Morgan fingerprint density at radius 1 is 0.407 bits per heavy atom. The van der Waals surface area contributed by atoms with E-state index in [1.165, 1.54) is 20.8 Å². The van der Waals surface area contributed by atoms with Gasteiger partial charge in [-0.1, -0.05) is 90.8 Å². The molecule has 2 aromatic carbocycles. The molecule has 0 fully saturated rings. The van der Waals surface area contributed by atoms with Crippen LogP contribution in [0.25, 0.3) is 22.5 Å². The van der Waals surface area contributed by atoms with Gasteiger partial charge in [-0.15, -0.1) is 51.2 Å². The molecule has 5 N–H and O–H groups in total. The van der Waals surface area contributed by atoms with E-state index >= 15 is 0 Å². The number of nitrogens with zero attached hydrogens (tertiary/aromatic N) is 15. The Morgan fingerprint density at radius 2 is 0.615 bits per heavy atom. The van der Waals surface area contributed by atoms with Crippen LogP contribution in [-0.2, 0) is 78.9 Å². The van der Waals surface area contributed by atoms with Gasteiger partial charge in [-0.3, -0.25) is 39.1 Å². The van der Waals surface area contributed by atoms with Crippen molar-refractivity contribution in [3.8, 4) is 40.7 Å². The molecule has 41 heteroatoms. The summed E-state index contributed by atoms with van der Waals surface area (Å²) in [5.74, 6) is 0. The number of pyridine rings is 4. The van der Waals surface area contributed by atoms with E-state index in [9.17, 15) is 0 Å². The fourth-order valence-electron chi connectivity index (χ4n) is 6.12. The number of hydrogen-bond acceptors (Lipinski definition) is 29. The Labute approximate surface area is 568 Å². The van der Waals surface area contributed by atoms with Crippen LogP contribution in [0.3, 0.4) is 0 Å². The molecule has 0 amide bonds. The molecule has 6 aromatic heterocycles. The van der Waals surface area contributed by atoms with Crippen LogP contribution in [0.15, 0.2) is 167 Å². The van der Waals surface area contributed by atoms with Crippen molar-refractivity contribution in [3.05, 3.63) is 190 Å². The van der Waals surface area contributed by atoms with Gasteiger partial charge in [0.25, 0.3) is 0 Å². The second-order valence-corrected chi connectivity index (χ2v) is 20.5. The first-order valence-electron chi connectivity index (χ1n) is 23.5. The van der Waals surface area contributed by atoms with Gasteiger partial charge in [-0.05, 0) is 72.8 Å². The summed E-state index contributed by atoms with van der Waals surface area (Å²) in [6.45, 7) is 10.4. The molecule has 0 unspecified atom stereocenters. The number of hydrogen-bond donors (Lipinski definition) is 0. The van der Waals surface area contributed by atoms with Crippen LogP contribution in [0, 0.1) is 75.0 Å². The van der Waals surface area contributed by atoms with E-state index in [0.29, 0.717) is 0 Å². The van der Waals surface area contributed by atoms with Gasteiger partial charge >= 0.3 is 34.1 Å². The maximum Gasteiger partial charge on any atom is 2.00 e. The van der Waals surface area contributed by atoms with Crippen LogP contribution in [-0.4, -0.2) is 78.3 Å². The van der Waals surface area contributed by atoms with E-state index < -0.39 is 41.0 Å². The predicted molar refractivity (Wildman–Crippen MR) is 274 cm³/mol. The summed E-state index contributed by atoms with van der Waals surface area (Å²) in [5, 5.41) is 39.2. The van der Waals surface area contributed by atoms with Crippen molar-refractivity contribution in [1.82, 2.24) is 59.7 Å². The van der Waals surface area contributed by atoms with E-state index in [-0.39, 0.29) is 45.1 Å². The smallest absolute Gasteiger partial charge is 0.457 e. The average molecular weight is 1580 g/mol. The van der Waals surface area contributed by atoms with Crippen LogP contribution in [0.4, 0.5) is 0 Å². The van der Waals surface area contributed by atoms with Crippen LogP contribution in [0.2, 0.25) is 0 Å². The molecule has 0 spiro atoms. The van der Waals surface area contributed by atoms with Crippen molar-refractivity contribution in [2.24, 2.45) is 0 Å². The minimum absolute atomic E-state index is 0. The fraction of sp³-hybridized carbons (Fsp3) is 0.220. The molecule has 33 nitrogen and oxygen atoms in total. The minimum Gasteiger partial charge on any atom is -0.457 e. The zero-order valence-electron chi connectivity index (χ0n) is 47.4. The molecule has 502 valence electrons. The number of nitriles is 3. The summed E-state index contributed by atoms with van der Waals surface area (Å²) in [6.07, 6.45) is 11.3. The van der Waals surface area contributed by atoms with Crippen molar-refractivity contribution in [2.75, 3.05) is 13.1 Å². The van der Waals surface area contributed by atoms with E-state index in [0.717, 1.165) is 107 Å². The number of aromatic nitrogens is 10. The zero-order valence-corrected chi connectivity index (χ0v) is 55.4. The largest absolute Gasteiger partial charge is 2.00 e. The van der Waals surface area contributed by atoms with E-state index in [2.05, 4.69) is 82.2 Å². The molecule has 8 aromatic rings. The molecule has 6 heterocycles. The van der Waals surface area contributed by atoms with Crippen LogP contribution in [0.1, 0.15) is 43.5 Å². The standard InChI is InChI=1S/2C22H21BrN6.3C2H3N.4ClHO4.2Cu.2H2O/c2*23-19-9-7-18(8-10-19)22-17-29(27-26-22)14-13-28(15-20-5-1-3-11-24-20)16-21-6-2-4-12-25-21;3*1-2-3;4*2-1(3,4)5;;;;/h2*1-12,17H,13-16H2;3*1H3;4*(H,2,3,4,5);;;2*1H2/q;;;;;;;;;2*+2;;/p-3. The first kappa shape index (κ1) is 93.9. The van der Waals surface area contributed by atoms with Crippen molar-refractivity contribution in [3.63, 3.8) is 0 Å². The van der Waals surface area contributed by atoms with Crippen LogP contribution >= 0.6 is 31.9 Å². The Morgan fingerprint density at radius 3 is 0.802 bits per heavy atom. The Bertz CT molecular complexity index is 2820. The van der Waals surface area contributed by atoms with E-state index in [1.54, 1.807) is 18.2 Å². The Balaban J connectivity index is -0.000000369. The predicted octanol–water partition coefficient (Wildman–Crippen LogP) is -10.8. The van der Waals surface area contributed by atoms with E-state index in [4.69, 9.17) is 90.3 Å². The third-order valence-corrected chi connectivity index (χ3v) is 10.2. The quantitative estimate of drug-likeness (QED) is 0.0640. The van der Waals surface area contributed by atoms with Crippen molar-refractivity contribution < 1.29 is 161 Å². The molecular weight excluding hydrogens is 1530 g/mol. The Kier molecular flexibility index (Phi) is 54.3. The zero-order chi connectivity index (χ0) is 65.9. The first-order chi connectivity index (χ1) is 40.8. The molecule has 0 saturated heterocycles. The molecule has 0 aliphatic carbocycles. The topological polar surface area (TPSA) is 624 Å². The van der Waals surface area contributed by atoms with Crippen molar-refractivity contribution >= 4 is 31.9 Å². The number of halogens is 6. The van der Waals surface area contributed by atoms with Gasteiger partial charge in [0.15, 0.2) is 0 Å². The van der Waals surface area contributed by atoms with Crippen molar-refractivity contribution in [2.45, 2.75) is 60.0 Å². The number of benzene rings is 2. The molecule has 0 aliphatic rings. The minimum atomic E-state index is -4.94. The Hall–Kier alpha value is -5.85. The van der Waals surface area contributed by atoms with Crippen LogP contribution in [0.5, 0.6) is 0 Å². The summed E-state index contributed by atoms with van der Waals surface area (Å²) in [7, 11) is -19.8. The fourth-order valence-corrected chi connectivity index (χ4v) is 6.65. The normalized spacial score (nSPS) is 9.98. The maximum atomic E-state index is 8.49. The van der Waals surface area contributed by atoms with E-state index in [1.807, 2.05) is 168 Å². The van der Waals surface area contributed by atoms with Gasteiger partial charge in [-0.2, -0.15) is 15.8 Å². The summed E-state index contributed by atoms with van der Waals surface area (Å²) >= 11 is 6.92. The van der Waals surface area contributed by atoms with Gasteiger partial charge in [-0.25, -0.2) is 74.5 Å². The molecule has 0 aliphatic heterocycles. The third kappa shape index (κ3) is 58.9. The second kappa shape index (κ2) is 52.6. The van der Waals surface area contributed by atoms with Gasteiger partial charge in [0.2, 0.25) is 0 Å². The monoisotopic (exact) mass is 1580 g/mol. The molecule has 8 rings (SSSR count). The third-order valence-electron chi connectivity index (χ3n) is 9.09. The summed E-state index contributed by atoms with van der Waals surface area (Å²) in [5.41, 5.74) is 8.01. The molecule has 91 heavy (non-hydrogen) atoms. The van der Waals surface area contributed by atoms with Crippen molar-refractivity contribution in [1.29, 1.82) is 15.8 Å². The molecule has 0 saturated carbocycles. The van der Waals surface area contributed by atoms with Gasteiger partial charge in [0.05, 0.1) is 66.5 Å². The van der Waals surface area contributed by atoms with Crippen LogP contribution < -0.4 is 74.5 Å². The SMILES string of the molecule is Brc1ccc(-c2cn(CCN(Cc3ccccn3)Cc3ccccn3)nn2)cc1.Brc1ccc(-c2cn(CCN(Cc3ccccn3)Cc3ccccn3)nn2)cc1.CC#N.CC#N.CC#N.O.[Cu+2].[Cu+2].[O-][Cl+3]([O-])([O-])[O-].[O-][Cl+3]([O-])([O-])[O-].[O-][Cl+3]([O-])([O-])[O-].[O-][Cl+3]([O-])([O-])[O-].[OH3+].